The van der Waals surface area contributed by atoms with Gasteiger partial charge in [-0.2, -0.15) is 5.10 Å². The number of carbonyl (C=O) groups excluding carboxylic acids is 1. The molecule has 1 atom stereocenters. The van der Waals surface area contributed by atoms with Gasteiger partial charge in [-0.15, -0.1) is 0 Å². The van der Waals surface area contributed by atoms with Crippen LogP contribution in [0.1, 0.15) is 34.8 Å². The molecular weight excluding hydrogens is 507 g/mol. The van der Waals surface area contributed by atoms with Crippen molar-refractivity contribution in [3.63, 3.8) is 0 Å². The highest BCUT2D eigenvalue weighted by atomic mass is 19.1. The van der Waals surface area contributed by atoms with Crippen LogP contribution >= 0.6 is 0 Å². The van der Waals surface area contributed by atoms with Crippen molar-refractivity contribution in [3.8, 4) is 0 Å². The Morgan fingerprint density at radius 2 is 1.79 bits per heavy atom. The summed E-state index contributed by atoms with van der Waals surface area (Å²) in [6.07, 6.45) is 4.64. The van der Waals surface area contributed by atoms with E-state index in [1.165, 1.54) is 22.8 Å². The molecule has 39 heavy (non-hydrogen) atoms. The van der Waals surface area contributed by atoms with Crippen LogP contribution in [0.25, 0.3) is 5.65 Å². The number of aromatic nitrogens is 3. The number of fused-ring (bicyclic) bond motifs is 1. The summed E-state index contributed by atoms with van der Waals surface area (Å²) in [5, 5.41) is 7.05. The molecular formula is C28H28F3N7O. The van der Waals surface area contributed by atoms with Gasteiger partial charge in [0.1, 0.15) is 29.0 Å². The topological polar surface area (TPSA) is 69.0 Å². The fraction of sp³-hybridized carbons (Fsp3) is 0.321. The van der Waals surface area contributed by atoms with Crippen molar-refractivity contribution >= 4 is 28.7 Å². The maximum Gasteiger partial charge on any atom is 0.255 e. The van der Waals surface area contributed by atoms with E-state index in [0.29, 0.717) is 41.4 Å². The summed E-state index contributed by atoms with van der Waals surface area (Å²) in [7, 11) is 2.03. The molecule has 1 N–H and O–H groups in total. The molecule has 4 heterocycles. The Hall–Kier alpha value is -4.12. The third-order valence-electron chi connectivity index (χ3n) is 7.52. The predicted molar refractivity (Wildman–Crippen MR) is 143 cm³/mol. The van der Waals surface area contributed by atoms with Gasteiger partial charge in [-0.3, -0.25) is 4.79 Å². The molecule has 6 rings (SSSR count). The molecule has 0 saturated carbocycles. The number of amides is 1. The summed E-state index contributed by atoms with van der Waals surface area (Å²) in [5.41, 5.74) is 1.70. The van der Waals surface area contributed by atoms with Crippen molar-refractivity contribution in [1.29, 1.82) is 0 Å². The van der Waals surface area contributed by atoms with Crippen LogP contribution in [0.15, 0.2) is 54.9 Å². The van der Waals surface area contributed by atoms with E-state index in [1.807, 2.05) is 16.8 Å². The van der Waals surface area contributed by atoms with Crippen LogP contribution in [-0.2, 0) is 0 Å². The molecule has 11 heteroatoms. The number of nitrogens with zero attached hydrogens (tertiary/aromatic N) is 6. The first-order valence-electron chi connectivity index (χ1n) is 13.0. The summed E-state index contributed by atoms with van der Waals surface area (Å²) in [6, 6.07) is 9.37. The smallest absolute Gasteiger partial charge is 0.255 e. The van der Waals surface area contributed by atoms with Gasteiger partial charge in [-0.1, -0.05) is 0 Å². The Morgan fingerprint density at radius 3 is 2.59 bits per heavy atom. The van der Waals surface area contributed by atoms with E-state index >= 15 is 0 Å². The van der Waals surface area contributed by atoms with Crippen LogP contribution in [0.5, 0.6) is 0 Å². The van der Waals surface area contributed by atoms with Crippen molar-refractivity contribution in [1.82, 2.24) is 19.5 Å². The number of halogens is 3. The molecule has 1 amide bonds. The molecule has 0 radical (unpaired) electrons. The molecule has 0 bridgehead atoms. The average Bonchev–Trinajstić information content (AvgIpc) is 3.58. The van der Waals surface area contributed by atoms with E-state index < -0.39 is 23.4 Å². The van der Waals surface area contributed by atoms with E-state index in [2.05, 4.69) is 15.3 Å². The fourth-order valence-corrected chi connectivity index (χ4v) is 5.39. The SMILES string of the molecule is CN1CCN(c2ccc(C(=O)Nc3cnn4ccc(N5CCCC5c5cc(F)ccc5F)nc34)cc2F)CC1. The Kier molecular flexibility index (Phi) is 6.59. The second-order valence-electron chi connectivity index (χ2n) is 10.0. The largest absolute Gasteiger partial charge is 0.367 e. The maximum atomic E-state index is 15.0. The van der Waals surface area contributed by atoms with Gasteiger partial charge in [0.15, 0.2) is 5.65 Å². The summed E-state index contributed by atoms with van der Waals surface area (Å²) < 4.78 is 44.9. The Balaban J connectivity index is 1.23. The summed E-state index contributed by atoms with van der Waals surface area (Å²) >= 11 is 0. The highest BCUT2D eigenvalue weighted by molar-refractivity contribution is 6.06. The Bertz CT molecular complexity index is 1530. The van der Waals surface area contributed by atoms with Crippen molar-refractivity contribution in [2.24, 2.45) is 0 Å². The van der Waals surface area contributed by atoms with Gasteiger partial charge >= 0.3 is 0 Å². The third-order valence-corrected chi connectivity index (χ3v) is 7.52. The van der Waals surface area contributed by atoms with Gasteiger partial charge in [0.05, 0.1) is 17.9 Å². The van der Waals surface area contributed by atoms with Crippen molar-refractivity contribution in [3.05, 3.63) is 83.4 Å². The molecule has 1 unspecified atom stereocenters. The number of anilines is 3. The fourth-order valence-electron chi connectivity index (χ4n) is 5.39. The van der Waals surface area contributed by atoms with E-state index in [4.69, 9.17) is 4.98 Å². The number of hydrogen-bond donors (Lipinski definition) is 1. The van der Waals surface area contributed by atoms with Crippen molar-refractivity contribution in [2.45, 2.75) is 18.9 Å². The zero-order valence-electron chi connectivity index (χ0n) is 21.4. The Labute approximate surface area is 223 Å². The van der Waals surface area contributed by atoms with Gasteiger partial charge < -0.3 is 20.0 Å². The lowest BCUT2D eigenvalue weighted by molar-refractivity contribution is 0.102. The maximum absolute atomic E-state index is 15.0. The minimum Gasteiger partial charge on any atom is -0.367 e. The van der Waals surface area contributed by atoms with Crippen LogP contribution in [0.2, 0.25) is 0 Å². The van der Waals surface area contributed by atoms with Crippen LogP contribution < -0.4 is 15.1 Å². The number of hydrogen-bond acceptors (Lipinski definition) is 6. The summed E-state index contributed by atoms with van der Waals surface area (Å²) in [4.78, 5) is 23.8. The predicted octanol–water partition coefficient (Wildman–Crippen LogP) is 4.49. The van der Waals surface area contributed by atoms with Gasteiger partial charge in [-0.05, 0) is 62.4 Å². The average molecular weight is 536 g/mol. The lowest BCUT2D eigenvalue weighted by Crippen LogP contribution is -2.44. The second kappa shape index (κ2) is 10.2. The molecule has 2 aromatic carbocycles. The first-order valence-corrected chi connectivity index (χ1v) is 13.0. The molecule has 0 spiro atoms. The van der Waals surface area contributed by atoms with Crippen molar-refractivity contribution < 1.29 is 18.0 Å². The first-order chi connectivity index (χ1) is 18.9. The molecule has 8 nitrogen and oxygen atoms in total. The molecule has 2 aliphatic rings. The highest BCUT2D eigenvalue weighted by Gasteiger charge is 2.30. The van der Waals surface area contributed by atoms with Crippen LogP contribution in [0, 0.1) is 17.5 Å². The van der Waals surface area contributed by atoms with Crippen molar-refractivity contribution in [2.75, 3.05) is 54.9 Å². The van der Waals surface area contributed by atoms with E-state index in [1.54, 1.807) is 24.4 Å². The van der Waals surface area contributed by atoms with E-state index in [9.17, 15) is 18.0 Å². The standard InChI is InChI=1S/C28H28F3N7O/c1-35-11-13-36(14-12-35)25-7-4-18(15-22(25)31)28(39)33-23-17-32-38-10-8-26(34-27(23)38)37-9-2-3-24(37)20-16-19(29)5-6-21(20)30/h4-8,10,15-17,24H,2-3,9,11-14H2,1H3,(H,33,39). The monoisotopic (exact) mass is 535 g/mol. The van der Waals surface area contributed by atoms with E-state index in [-0.39, 0.29) is 11.6 Å². The number of nitrogens with one attached hydrogen (secondary N) is 1. The zero-order chi connectivity index (χ0) is 27.1. The van der Waals surface area contributed by atoms with Crippen LogP contribution in [-0.4, -0.2) is 65.2 Å². The quantitative estimate of drug-likeness (QED) is 0.406. The second-order valence-corrected chi connectivity index (χ2v) is 10.0. The molecule has 2 saturated heterocycles. The summed E-state index contributed by atoms with van der Waals surface area (Å²) in [5.74, 6) is -1.32. The minimum atomic E-state index is -0.490. The normalized spacial score (nSPS) is 18.2. The lowest BCUT2D eigenvalue weighted by atomic mass is 10.0. The zero-order valence-corrected chi connectivity index (χ0v) is 21.4. The number of piperazine rings is 1. The van der Waals surface area contributed by atoms with Crippen LogP contribution in [0.4, 0.5) is 30.4 Å². The highest BCUT2D eigenvalue weighted by Crippen LogP contribution is 2.37. The molecule has 2 fully saturated rings. The molecule has 0 aliphatic carbocycles. The molecule has 2 aromatic heterocycles. The van der Waals surface area contributed by atoms with Gasteiger partial charge in [-0.25, -0.2) is 22.7 Å². The van der Waals surface area contributed by atoms with Crippen LogP contribution in [0.3, 0.4) is 0 Å². The summed E-state index contributed by atoms with van der Waals surface area (Å²) in [6.45, 7) is 3.76. The minimum absolute atomic E-state index is 0.182. The number of carbonyl (C=O) groups is 1. The molecule has 2 aliphatic heterocycles. The Morgan fingerprint density at radius 1 is 0.974 bits per heavy atom. The number of benzene rings is 2. The van der Waals surface area contributed by atoms with Gasteiger partial charge in [0.2, 0.25) is 0 Å². The number of rotatable bonds is 5. The first kappa shape index (κ1) is 25.2. The molecule has 4 aromatic rings. The number of likely N-dealkylation sites (N-methyl/N-ethyl adjacent to an activating group) is 1. The van der Waals surface area contributed by atoms with Gasteiger partial charge in [0.25, 0.3) is 5.91 Å². The van der Waals surface area contributed by atoms with E-state index in [0.717, 1.165) is 44.7 Å². The molecule has 202 valence electrons. The lowest BCUT2D eigenvalue weighted by Gasteiger charge is -2.34. The van der Waals surface area contributed by atoms with Gasteiger partial charge in [0, 0.05) is 50.0 Å². The third kappa shape index (κ3) is 4.89.